The number of nitrogens with zero attached hydrogens (tertiary/aromatic N) is 4. The number of hydrogen-bond acceptors (Lipinski definition) is 8. The molecule has 0 aliphatic heterocycles. The summed E-state index contributed by atoms with van der Waals surface area (Å²) in [5.41, 5.74) is -0.162. The molecule has 10 heteroatoms. The smallest absolute Gasteiger partial charge is 0.349 e. The van der Waals surface area contributed by atoms with E-state index in [1.807, 2.05) is 0 Å². The van der Waals surface area contributed by atoms with Gasteiger partial charge in [0.25, 0.3) is 11.8 Å². The van der Waals surface area contributed by atoms with Crippen LogP contribution in [0, 0.1) is 0 Å². The van der Waals surface area contributed by atoms with Crippen molar-refractivity contribution >= 4 is 22.9 Å². The molecule has 0 spiro atoms. The van der Waals surface area contributed by atoms with Crippen LogP contribution >= 0.6 is 0 Å². The van der Waals surface area contributed by atoms with Crippen molar-refractivity contribution in [3.63, 3.8) is 0 Å². The number of nitrogens with one attached hydrogen (secondary N) is 1. The highest BCUT2D eigenvalue weighted by atomic mass is 16.5. The average molecular weight is 367 g/mol. The zero-order chi connectivity index (χ0) is 19.0. The first-order valence-electron chi connectivity index (χ1n) is 7.81. The third kappa shape index (κ3) is 2.92. The quantitative estimate of drug-likeness (QED) is 0.542. The van der Waals surface area contributed by atoms with E-state index in [1.165, 1.54) is 13.2 Å². The number of aromatic nitrogens is 4. The van der Waals surface area contributed by atoms with Gasteiger partial charge in [-0.2, -0.15) is 5.10 Å². The van der Waals surface area contributed by atoms with Gasteiger partial charge in [0.15, 0.2) is 11.3 Å². The monoisotopic (exact) mass is 367 g/mol. The molecule has 0 saturated carbocycles. The summed E-state index contributed by atoms with van der Waals surface area (Å²) in [7, 11) is 3.18. The van der Waals surface area contributed by atoms with Gasteiger partial charge in [-0.3, -0.25) is 14.8 Å². The van der Waals surface area contributed by atoms with Gasteiger partial charge in [0.2, 0.25) is 0 Å². The molecule has 3 aromatic heterocycles. The van der Waals surface area contributed by atoms with E-state index in [0.29, 0.717) is 16.8 Å². The van der Waals surface area contributed by atoms with Crippen molar-refractivity contribution in [1.29, 1.82) is 0 Å². The molecule has 136 valence electrons. The van der Waals surface area contributed by atoms with E-state index < -0.39 is 11.5 Å². The van der Waals surface area contributed by atoms with Gasteiger partial charge in [-0.1, -0.05) is 17.2 Å². The van der Waals surface area contributed by atoms with Gasteiger partial charge in [0, 0.05) is 18.6 Å². The van der Waals surface area contributed by atoms with E-state index in [2.05, 4.69) is 20.6 Å². The fourth-order valence-electron chi connectivity index (χ4n) is 2.56. The number of hydrogen-bond donors (Lipinski definition) is 1. The molecule has 1 amide bonds. The lowest BCUT2D eigenvalue weighted by Gasteiger charge is -2.05. The van der Waals surface area contributed by atoms with Crippen molar-refractivity contribution < 1.29 is 18.4 Å². The summed E-state index contributed by atoms with van der Waals surface area (Å²) in [6.45, 7) is 0. The molecule has 0 atom stereocenters. The van der Waals surface area contributed by atoms with Gasteiger partial charge in [-0.05, 0) is 18.2 Å². The van der Waals surface area contributed by atoms with Crippen LogP contribution in [-0.4, -0.2) is 33.0 Å². The van der Waals surface area contributed by atoms with Crippen LogP contribution in [0.1, 0.15) is 10.4 Å². The lowest BCUT2D eigenvalue weighted by atomic mass is 10.1. The second-order valence-electron chi connectivity index (χ2n) is 5.53. The van der Waals surface area contributed by atoms with Crippen molar-refractivity contribution in [3.8, 4) is 17.3 Å². The number of fused-ring (bicyclic) bond motifs is 1. The third-order valence-corrected chi connectivity index (χ3v) is 3.87. The number of benzene rings is 1. The fourth-order valence-corrected chi connectivity index (χ4v) is 2.56. The van der Waals surface area contributed by atoms with Crippen molar-refractivity contribution in [2.24, 2.45) is 7.05 Å². The minimum Gasteiger partial charge on any atom is -0.493 e. The second-order valence-corrected chi connectivity index (χ2v) is 5.53. The molecule has 1 N–H and O–H groups in total. The van der Waals surface area contributed by atoms with E-state index in [4.69, 9.17) is 13.6 Å². The van der Waals surface area contributed by atoms with Gasteiger partial charge in [-0.15, -0.1) is 5.10 Å². The minimum absolute atomic E-state index is 0.152. The van der Waals surface area contributed by atoms with Crippen LogP contribution in [0.5, 0.6) is 5.75 Å². The fraction of sp³-hybridized carbons (Fsp3) is 0.118. The predicted molar refractivity (Wildman–Crippen MR) is 93.5 cm³/mol. The zero-order valence-electron chi connectivity index (χ0n) is 14.3. The summed E-state index contributed by atoms with van der Waals surface area (Å²) in [5.74, 6) is -0.150. The molecular formula is C17H13N5O5. The summed E-state index contributed by atoms with van der Waals surface area (Å²) in [5, 5.41) is 14.5. The molecule has 0 aliphatic carbocycles. The Morgan fingerprint density at radius 3 is 2.81 bits per heavy atom. The van der Waals surface area contributed by atoms with E-state index in [9.17, 15) is 9.59 Å². The number of carbonyl (C=O) groups is 1. The molecule has 4 aromatic rings. The molecule has 27 heavy (non-hydrogen) atoms. The average Bonchev–Trinajstić information content (AvgIpc) is 3.29. The van der Waals surface area contributed by atoms with Crippen molar-refractivity contribution in [2.45, 2.75) is 0 Å². The van der Waals surface area contributed by atoms with Gasteiger partial charge in [-0.25, -0.2) is 4.79 Å². The maximum absolute atomic E-state index is 12.4. The summed E-state index contributed by atoms with van der Waals surface area (Å²) in [6.07, 6.45) is 1.58. The number of para-hydroxylation sites is 1. The highest BCUT2D eigenvalue weighted by Crippen LogP contribution is 2.25. The van der Waals surface area contributed by atoms with Crippen LogP contribution in [0.4, 0.5) is 6.01 Å². The van der Waals surface area contributed by atoms with Crippen LogP contribution in [0.2, 0.25) is 0 Å². The third-order valence-electron chi connectivity index (χ3n) is 3.87. The largest absolute Gasteiger partial charge is 0.493 e. The Hall–Kier alpha value is -3.95. The highest BCUT2D eigenvalue weighted by molar-refractivity contribution is 6.04. The lowest BCUT2D eigenvalue weighted by Crippen LogP contribution is -2.20. The van der Waals surface area contributed by atoms with E-state index >= 15 is 0 Å². The molecule has 0 unspecified atom stereocenters. The van der Waals surface area contributed by atoms with Crippen LogP contribution < -0.4 is 15.7 Å². The SMILES string of the molecule is COc1cccc2cc(C(=O)Nc3nnc(-c4ccnn4C)o3)c(=O)oc12. The van der Waals surface area contributed by atoms with Crippen molar-refractivity contribution in [3.05, 3.63) is 52.5 Å². The first-order valence-corrected chi connectivity index (χ1v) is 7.81. The second kappa shape index (κ2) is 6.41. The Bertz CT molecular complexity index is 1210. The minimum atomic E-state index is -0.809. The number of anilines is 1. The van der Waals surface area contributed by atoms with Crippen molar-refractivity contribution in [1.82, 2.24) is 20.0 Å². The van der Waals surface area contributed by atoms with Gasteiger partial charge in [0.05, 0.1) is 7.11 Å². The number of carbonyl (C=O) groups excluding carboxylic acids is 1. The number of aryl methyl sites for hydroxylation is 1. The highest BCUT2D eigenvalue weighted by Gasteiger charge is 2.19. The van der Waals surface area contributed by atoms with Gasteiger partial charge >= 0.3 is 11.6 Å². The normalized spacial score (nSPS) is 10.9. The van der Waals surface area contributed by atoms with E-state index in [-0.39, 0.29) is 23.1 Å². The molecule has 4 rings (SSSR count). The van der Waals surface area contributed by atoms with Gasteiger partial charge < -0.3 is 13.6 Å². The molecule has 0 bridgehead atoms. The summed E-state index contributed by atoms with van der Waals surface area (Å²) in [6, 6.07) is 8.03. The first kappa shape index (κ1) is 16.5. The summed E-state index contributed by atoms with van der Waals surface area (Å²) >= 11 is 0. The lowest BCUT2D eigenvalue weighted by molar-refractivity contribution is 0.102. The van der Waals surface area contributed by atoms with Crippen molar-refractivity contribution in [2.75, 3.05) is 12.4 Å². The Balaban J connectivity index is 1.64. The van der Waals surface area contributed by atoms with Crippen LogP contribution in [0.15, 0.2) is 50.2 Å². The Kier molecular flexibility index (Phi) is 3.92. The summed E-state index contributed by atoms with van der Waals surface area (Å²) in [4.78, 5) is 24.7. The maximum atomic E-state index is 12.4. The topological polar surface area (TPSA) is 125 Å². The molecule has 1 aromatic carbocycles. The number of ether oxygens (including phenoxy) is 1. The number of amides is 1. The van der Waals surface area contributed by atoms with Crippen LogP contribution in [-0.2, 0) is 7.05 Å². The maximum Gasteiger partial charge on any atom is 0.349 e. The molecule has 0 fully saturated rings. The standard InChI is InChI=1S/C17H13N5O5/c1-22-11(6-7-18-22)15-20-21-17(27-15)19-14(23)10-8-9-4-3-5-12(25-2)13(9)26-16(10)24/h3-8H,1-2H3,(H,19,21,23). The van der Waals surface area contributed by atoms with E-state index in [1.54, 1.807) is 42.2 Å². The Labute approximate surface area is 151 Å². The first-order chi connectivity index (χ1) is 13.1. The number of methoxy groups -OCH3 is 1. The molecule has 0 aliphatic rings. The Morgan fingerprint density at radius 1 is 1.22 bits per heavy atom. The van der Waals surface area contributed by atoms with Crippen LogP contribution in [0.25, 0.3) is 22.6 Å². The van der Waals surface area contributed by atoms with Crippen LogP contribution in [0.3, 0.4) is 0 Å². The number of rotatable bonds is 4. The Morgan fingerprint density at radius 2 is 2.07 bits per heavy atom. The molecule has 0 radical (unpaired) electrons. The predicted octanol–water partition coefficient (Wildman–Crippen LogP) is 1.84. The molecule has 3 heterocycles. The molecule has 10 nitrogen and oxygen atoms in total. The molecular weight excluding hydrogens is 354 g/mol. The summed E-state index contributed by atoms with van der Waals surface area (Å²) < 4.78 is 17.3. The van der Waals surface area contributed by atoms with Gasteiger partial charge in [0.1, 0.15) is 11.3 Å². The van der Waals surface area contributed by atoms with E-state index in [0.717, 1.165) is 0 Å². The molecule has 0 saturated heterocycles. The zero-order valence-corrected chi connectivity index (χ0v) is 14.3.